The molecule has 198 valence electrons. The van der Waals surface area contributed by atoms with Crippen LogP contribution in [0.25, 0.3) is 17.0 Å². The molecule has 0 amide bonds. The average Bonchev–Trinajstić information content (AvgIpc) is 3.54. The molecular formula is C30H42N6O. The van der Waals surface area contributed by atoms with Gasteiger partial charge in [0.25, 0.3) is 5.56 Å². The first kappa shape index (κ1) is 26.9. The van der Waals surface area contributed by atoms with Gasteiger partial charge in [-0.15, -0.1) is 0 Å². The van der Waals surface area contributed by atoms with Gasteiger partial charge in [-0.05, 0) is 64.4 Å². The van der Waals surface area contributed by atoms with Crippen molar-refractivity contribution in [3.63, 3.8) is 0 Å². The van der Waals surface area contributed by atoms with Crippen molar-refractivity contribution in [3.8, 4) is 11.3 Å². The molecule has 1 fully saturated rings. The molecule has 0 spiro atoms. The largest absolute Gasteiger partial charge is 0.350 e. The molecule has 0 N–H and O–H groups in total. The molecule has 0 saturated heterocycles. The number of nitrogens with zero attached hydrogens (tertiary/aromatic N) is 6. The summed E-state index contributed by atoms with van der Waals surface area (Å²) in [6, 6.07) is 4.54. The first-order chi connectivity index (χ1) is 18.0. The summed E-state index contributed by atoms with van der Waals surface area (Å²) >= 11 is 0. The third-order valence-electron chi connectivity index (χ3n) is 7.30. The highest BCUT2D eigenvalue weighted by Crippen LogP contribution is 2.31. The Morgan fingerprint density at radius 1 is 1.14 bits per heavy atom. The van der Waals surface area contributed by atoms with Gasteiger partial charge in [0.2, 0.25) is 0 Å². The molecule has 0 radical (unpaired) electrons. The zero-order valence-electron chi connectivity index (χ0n) is 22.9. The smallest absolute Gasteiger partial charge is 0.278 e. The molecule has 0 bridgehead atoms. The number of pyridine rings is 1. The van der Waals surface area contributed by atoms with E-state index in [-0.39, 0.29) is 11.6 Å². The van der Waals surface area contributed by atoms with Gasteiger partial charge >= 0.3 is 0 Å². The lowest BCUT2D eigenvalue weighted by Crippen LogP contribution is -2.42. The monoisotopic (exact) mass is 502 g/mol. The highest BCUT2D eigenvalue weighted by Gasteiger charge is 2.32. The zero-order chi connectivity index (χ0) is 26.2. The lowest BCUT2D eigenvalue weighted by Gasteiger charge is -2.35. The normalized spacial score (nSPS) is 19.2. The second-order valence-electron chi connectivity index (χ2n) is 10.2. The minimum atomic E-state index is 0.0422. The molecule has 4 rings (SSSR count). The number of hydrogen-bond acceptors (Lipinski definition) is 4. The van der Waals surface area contributed by atoms with Crippen molar-refractivity contribution in [1.82, 2.24) is 29.0 Å². The van der Waals surface area contributed by atoms with E-state index in [1.165, 1.54) is 12.1 Å². The third kappa shape index (κ3) is 6.39. The second kappa shape index (κ2) is 12.9. The molecule has 1 aromatic rings. The molecule has 3 aliphatic rings. The van der Waals surface area contributed by atoms with Gasteiger partial charge in [-0.1, -0.05) is 51.0 Å². The van der Waals surface area contributed by atoms with E-state index in [0.29, 0.717) is 6.04 Å². The van der Waals surface area contributed by atoms with Gasteiger partial charge in [0, 0.05) is 43.3 Å². The van der Waals surface area contributed by atoms with Crippen LogP contribution in [0, 0.1) is 0 Å². The summed E-state index contributed by atoms with van der Waals surface area (Å²) in [7, 11) is 4.23. The average molecular weight is 503 g/mol. The Labute approximate surface area is 221 Å². The summed E-state index contributed by atoms with van der Waals surface area (Å²) in [4.78, 5) is 15.8. The van der Waals surface area contributed by atoms with Gasteiger partial charge in [-0.25, -0.2) is 9.36 Å². The van der Waals surface area contributed by atoms with Crippen LogP contribution >= 0.6 is 0 Å². The molecule has 3 heterocycles. The van der Waals surface area contributed by atoms with Gasteiger partial charge in [-0.3, -0.25) is 4.79 Å². The second-order valence-corrected chi connectivity index (χ2v) is 10.2. The fraction of sp³-hybridized carbons (Fsp3) is 0.500. The fourth-order valence-corrected chi connectivity index (χ4v) is 5.40. The first-order valence-electron chi connectivity index (χ1n) is 13.8. The van der Waals surface area contributed by atoms with E-state index in [0.717, 1.165) is 68.4 Å². The van der Waals surface area contributed by atoms with E-state index in [2.05, 4.69) is 79.0 Å². The lowest BCUT2D eigenvalue weighted by molar-refractivity contribution is 0.148. The number of allylic oxidation sites excluding steroid dienone is 6. The van der Waals surface area contributed by atoms with Crippen LogP contribution in [-0.4, -0.2) is 49.2 Å². The van der Waals surface area contributed by atoms with Gasteiger partial charge in [0.05, 0.1) is 23.0 Å². The van der Waals surface area contributed by atoms with E-state index in [1.807, 2.05) is 23.1 Å². The summed E-state index contributed by atoms with van der Waals surface area (Å²) in [5.74, 6) is 0. The molecule has 2 aliphatic heterocycles. The Bertz CT molecular complexity index is 1240. The molecule has 7 heteroatoms. The van der Waals surface area contributed by atoms with Crippen LogP contribution < -0.4 is 5.56 Å². The van der Waals surface area contributed by atoms with Crippen LogP contribution in [0.2, 0.25) is 0 Å². The summed E-state index contributed by atoms with van der Waals surface area (Å²) in [5, 5.41) is 9.24. The zero-order valence-corrected chi connectivity index (χ0v) is 22.9. The van der Waals surface area contributed by atoms with Crippen LogP contribution in [-0.2, 0) is 13.0 Å². The van der Waals surface area contributed by atoms with Crippen LogP contribution in [0.1, 0.15) is 70.5 Å². The van der Waals surface area contributed by atoms with E-state index < -0.39 is 0 Å². The summed E-state index contributed by atoms with van der Waals surface area (Å²) in [6.45, 7) is 5.08. The molecule has 37 heavy (non-hydrogen) atoms. The van der Waals surface area contributed by atoms with Gasteiger partial charge in [0.1, 0.15) is 0 Å². The number of fused-ring (bicyclic) bond motifs is 1. The maximum absolute atomic E-state index is 13.6. The third-order valence-corrected chi connectivity index (χ3v) is 7.30. The van der Waals surface area contributed by atoms with Gasteiger partial charge in [-0.2, -0.15) is 10.2 Å². The highest BCUT2D eigenvalue weighted by molar-refractivity contribution is 5.59. The van der Waals surface area contributed by atoms with Gasteiger partial charge in [0.15, 0.2) is 0 Å². The molecule has 2 unspecified atom stereocenters. The Morgan fingerprint density at radius 2 is 1.97 bits per heavy atom. The number of hydrogen-bond donors (Lipinski definition) is 0. The van der Waals surface area contributed by atoms with Crippen molar-refractivity contribution in [2.45, 2.75) is 83.8 Å². The number of aryl methyl sites for hydroxylation is 1. The Balaban J connectivity index is 1.62. The topological polar surface area (TPSA) is 60.9 Å². The van der Waals surface area contributed by atoms with E-state index >= 15 is 0 Å². The van der Waals surface area contributed by atoms with E-state index in [9.17, 15) is 4.79 Å². The van der Waals surface area contributed by atoms with Crippen LogP contribution in [0.15, 0.2) is 65.9 Å². The predicted octanol–water partition coefficient (Wildman–Crippen LogP) is 5.80. The number of rotatable bonds is 11. The van der Waals surface area contributed by atoms with E-state index in [4.69, 9.17) is 5.10 Å². The minimum absolute atomic E-state index is 0.0422. The fourth-order valence-electron chi connectivity index (χ4n) is 5.40. The minimum Gasteiger partial charge on any atom is -0.350 e. The Morgan fingerprint density at radius 3 is 2.70 bits per heavy atom. The molecule has 0 aromatic carbocycles. The molecule has 1 aliphatic carbocycles. The Hall–Kier alpha value is -3.19. The number of likely N-dealkylation sites (N-methyl/N-ethyl adjacent to an activating group) is 1. The quantitative estimate of drug-likeness (QED) is 0.246. The molecular weight excluding hydrogens is 460 g/mol. The van der Waals surface area contributed by atoms with Crippen molar-refractivity contribution < 1.29 is 0 Å². The van der Waals surface area contributed by atoms with Crippen molar-refractivity contribution in [2.75, 3.05) is 14.1 Å². The van der Waals surface area contributed by atoms with E-state index in [1.54, 1.807) is 10.9 Å². The standard InChI is InChI=1S/C30H42N6O/c1-5-7-8-16-25-22-27-26(30(37)36(32-27)29-18-10-9-17-28(29)33(3)4)23-34(25)20-12-11-15-24(14-6-2)35-21-13-19-31-35/h7-8,11,13-15,19,21-23,28-29H,5-6,9-10,12,16-18,20H2,1-4H3/b8-7-,15-11?,24-14?. The van der Waals surface area contributed by atoms with Crippen molar-refractivity contribution in [3.05, 3.63) is 77.2 Å². The molecule has 7 nitrogen and oxygen atoms in total. The van der Waals surface area contributed by atoms with Crippen molar-refractivity contribution in [1.29, 1.82) is 0 Å². The summed E-state index contributed by atoms with van der Waals surface area (Å²) < 4.78 is 5.92. The Kier molecular flexibility index (Phi) is 9.34. The summed E-state index contributed by atoms with van der Waals surface area (Å²) in [6.07, 6.45) is 24.8. The number of aromatic nitrogens is 5. The SMILES string of the molecule is CCC=C(C=CCCn1cc2c(=O)n(C3CCCCC3N(C)C)nc-2cc1C/C=C\CC)n1cccn1. The molecule has 2 atom stereocenters. The first-order valence-corrected chi connectivity index (χ1v) is 13.8. The maximum atomic E-state index is 13.6. The highest BCUT2D eigenvalue weighted by atomic mass is 16.1. The predicted molar refractivity (Wildman–Crippen MR) is 152 cm³/mol. The van der Waals surface area contributed by atoms with Crippen LogP contribution in [0.5, 0.6) is 0 Å². The maximum Gasteiger partial charge on any atom is 0.278 e. The van der Waals surface area contributed by atoms with Crippen molar-refractivity contribution in [2.24, 2.45) is 0 Å². The molecule has 1 saturated carbocycles. The lowest BCUT2D eigenvalue weighted by atomic mass is 9.89. The van der Waals surface area contributed by atoms with Crippen LogP contribution in [0.4, 0.5) is 0 Å². The van der Waals surface area contributed by atoms with Crippen molar-refractivity contribution >= 4 is 5.70 Å². The van der Waals surface area contributed by atoms with Crippen LogP contribution in [0.3, 0.4) is 0 Å². The molecule has 1 aromatic heterocycles. The van der Waals surface area contributed by atoms with Gasteiger partial charge < -0.3 is 9.47 Å². The summed E-state index contributed by atoms with van der Waals surface area (Å²) in [5.41, 5.74) is 3.83.